The van der Waals surface area contributed by atoms with Gasteiger partial charge in [-0.1, -0.05) is 44.5 Å². The van der Waals surface area contributed by atoms with Gasteiger partial charge >= 0.3 is 0 Å². The first kappa shape index (κ1) is 13.2. The summed E-state index contributed by atoms with van der Waals surface area (Å²) in [5.41, 5.74) is 7.04. The Hall–Kier alpha value is -0.860. The second-order valence-electron chi connectivity index (χ2n) is 5.30. The Morgan fingerprint density at radius 2 is 1.94 bits per heavy atom. The van der Waals surface area contributed by atoms with Gasteiger partial charge in [-0.25, -0.2) is 0 Å². The molecule has 2 heteroatoms. The molecule has 0 saturated carbocycles. The maximum absolute atomic E-state index is 5.72. The van der Waals surface area contributed by atoms with Crippen molar-refractivity contribution in [2.24, 2.45) is 11.3 Å². The monoisotopic (exact) mass is 220 g/mol. The van der Waals surface area contributed by atoms with E-state index in [1.807, 2.05) is 0 Å². The van der Waals surface area contributed by atoms with Gasteiger partial charge in [0.05, 0.1) is 6.04 Å². The third kappa shape index (κ3) is 2.63. The van der Waals surface area contributed by atoms with E-state index in [-0.39, 0.29) is 11.5 Å². The van der Waals surface area contributed by atoms with Crippen LogP contribution in [-0.4, -0.2) is 0 Å². The normalized spacial score (nSPS) is 13.9. The number of nitrogens with one attached hydrogen (secondary N) is 1. The number of nitrogens with two attached hydrogens (primary N) is 1. The van der Waals surface area contributed by atoms with Gasteiger partial charge < -0.3 is 0 Å². The first-order valence-corrected chi connectivity index (χ1v) is 5.95. The van der Waals surface area contributed by atoms with Crippen molar-refractivity contribution < 1.29 is 0 Å². The minimum atomic E-state index is 0.161. The first-order valence-electron chi connectivity index (χ1n) is 5.95. The van der Waals surface area contributed by atoms with Crippen molar-refractivity contribution in [1.82, 2.24) is 5.43 Å². The lowest BCUT2D eigenvalue weighted by atomic mass is 9.77. The fourth-order valence-electron chi connectivity index (χ4n) is 2.09. The van der Waals surface area contributed by atoms with Gasteiger partial charge in [-0.05, 0) is 36.8 Å². The van der Waals surface area contributed by atoms with Crippen molar-refractivity contribution in [3.63, 3.8) is 0 Å². The van der Waals surface area contributed by atoms with Crippen LogP contribution in [0.5, 0.6) is 0 Å². The first-order chi connectivity index (χ1) is 7.42. The van der Waals surface area contributed by atoms with E-state index in [4.69, 9.17) is 5.84 Å². The lowest BCUT2D eigenvalue weighted by Crippen LogP contribution is -2.38. The Kier molecular flexibility index (Phi) is 4.11. The number of hydrogen-bond acceptors (Lipinski definition) is 2. The molecule has 1 aromatic carbocycles. The molecule has 0 aliphatic carbocycles. The molecule has 2 nitrogen and oxygen atoms in total. The molecule has 1 unspecified atom stereocenters. The van der Waals surface area contributed by atoms with Crippen LogP contribution in [0.2, 0.25) is 0 Å². The Labute approximate surface area is 99.2 Å². The number of rotatable bonds is 4. The van der Waals surface area contributed by atoms with E-state index in [0.717, 1.165) is 6.42 Å². The lowest BCUT2D eigenvalue weighted by Gasteiger charge is -2.34. The molecular formula is C14H24N2. The van der Waals surface area contributed by atoms with Gasteiger partial charge in [0.25, 0.3) is 0 Å². The number of benzene rings is 1. The zero-order valence-electron chi connectivity index (χ0n) is 11.1. The maximum Gasteiger partial charge on any atom is 0.0513 e. The average molecular weight is 220 g/mol. The van der Waals surface area contributed by atoms with Crippen molar-refractivity contribution in [2.45, 2.75) is 47.1 Å². The molecule has 3 N–H and O–H groups in total. The van der Waals surface area contributed by atoms with Crippen LogP contribution >= 0.6 is 0 Å². The summed E-state index contributed by atoms with van der Waals surface area (Å²) in [5, 5.41) is 0. The van der Waals surface area contributed by atoms with Crippen LogP contribution in [0.25, 0.3) is 0 Å². The molecule has 1 aromatic rings. The van der Waals surface area contributed by atoms with Gasteiger partial charge in [0.1, 0.15) is 0 Å². The summed E-state index contributed by atoms with van der Waals surface area (Å²) < 4.78 is 0. The second-order valence-corrected chi connectivity index (χ2v) is 5.30. The highest BCUT2D eigenvalue weighted by Crippen LogP contribution is 2.37. The van der Waals surface area contributed by atoms with Crippen LogP contribution in [-0.2, 0) is 0 Å². The molecule has 0 bridgehead atoms. The van der Waals surface area contributed by atoms with Crippen molar-refractivity contribution in [2.75, 3.05) is 0 Å². The molecule has 0 aliphatic heterocycles. The van der Waals surface area contributed by atoms with E-state index in [0.29, 0.717) is 0 Å². The third-order valence-corrected chi connectivity index (χ3v) is 3.60. The molecule has 0 aromatic heterocycles. The van der Waals surface area contributed by atoms with E-state index >= 15 is 0 Å². The highest BCUT2D eigenvalue weighted by molar-refractivity contribution is 5.33. The minimum Gasteiger partial charge on any atom is -0.271 e. The van der Waals surface area contributed by atoms with Gasteiger partial charge in [0.15, 0.2) is 0 Å². The van der Waals surface area contributed by atoms with Crippen molar-refractivity contribution >= 4 is 0 Å². The van der Waals surface area contributed by atoms with E-state index in [1.54, 1.807) is 0 Å². The Bertz CT molecular complexity index is 356. The molecule has 0 heterocycles. The van der Waals surface area contributed by atoms with Crippen LogP contribution in [0.15, 0.2) is 18.2 Å². The largest absolute Gasteiger partial charge is 0.271 e. The van der Waals surface area contributed by atoms with Gasteiger partial charge in [-0.15, -0.1) is 0 Å². The van der Waals surface area contributed by atoms with E-state index in [9.17, 15) is 0 Å². The third-order valence-electron chi connectivity index (χ3n) is 3.60. The lowest BCUT2D eigenvalue weighted by molar-refractivity contribution is 0.235. The fraction of sp³-hybridized carbons (Fsp3) is 0.571. The molecule has 0 aliphatic rings. The highest BCUT2D eigenvalue weighted by Gasteiger charge is 2.29. The van der Waals surface area contributed by atoms with Crippen molar-refractivity contribution in [3.05, 3.63) is 34.9 Å². The van der Waals surface area contributed by atoms with Gasteiger partial charge in [0, 0.05) is 0 Å². The van der Waals surface area contributed by atoms with Crippen LogP contribution in [0.1, 0.15) is 49.9 Å². The number of hydrazine groups is 1. The molecule has 1 atom stereocenters. The summed E-state index contributed by atoms with van der Waals surface area (Å²) in [6.45, 7) is 11.0. The Balaban J connectivity index is 3.14. The highest BCUT2D eigenvalue weighted by atomic mass is 15.2. The summed E-state index contributed by atoms with van der Waals surface area (Å²) in [7, 11) is 0. The summed E-state index contributed by atoms with van der Waals surface area (Å²) in [5.74, 6) is 5.72. The molecule has 0 amide bonds. The van der Waals surface area contributed by atoms with Crippen molar-refractivity contribution in [1.29, 1.82) is 0 Å². The van der Waals surface area contributed by atoms with Crippen LogP contribution in [0, 0.1) is 19.3 Å². The molecular weight excluding hydrogens is 196 g/mol. The maximum atomic E-state index is 5.72. The predicted octanol–water partition coefficient (Wildman–Crippen LogP) is 3.24. The molecule has 1 rings (SSSR count). The van der Waals surface area contributed by atoms with Gasteiger partial charge in [0.2, 0.25) is 0 Å². The molecule has 16 heavy (non-hydrogen) atoms. The van der Waals surface area contributed by atoms with Crippen LogP contribution in [0.4, 0.5) is 0 Å². The number of aryl methyl sites for hydroxylation is 2. The molecule has 0 spiro atoms. The SMILES string of the molecule is CCC(C)(C)C(NN)c1ccc(C)cc1C. The van der Waals surface area contributed by atoms with Crippen LogP contribution in [0.3, 0.4) is 0 Å². The molecule has 0 fully saturated rings. The minimum absolute atomic E-state index is 0.161. The zero-order valence-corrected chi connectivity index (χ0v) is 11.1. The Morgan fingerprint density at radius 3 is 2.38 bits per heavy atom. The van der Waals surface area contributed by atoms with Gasteiger partial charge in [-0.2, -0.15) is 0 Å². The summed E-state index contributed by atoms with van der Waals surface area (Å²) >= 11 is 0. The number of hydrogen-bond donors (Lipinski definition) is 2. The zero-order chi connectivity index (χ0) is 12.3. The quantitative estimate of drug-likeness (QED) is 0.604. The summed E-state index contributed by atoms with van der Waals surface area (Å²) in [6.07, 6.45) is 1.09. The van der Waals surface area contributed by atoms with E-state index < -0.39 is 0 Å². The Morgan fingerprint density at radius 1 is 1.31 bits per heavy atom. The average Bonchev–Trinajstić information content (AvgIpc) is 2.22. The molecule has 0 radical (unpaired) electrons. The molecule has 90 valence electrons. The van der Waals surface area contributed by atoms with E-state index in [2.05, 4.69) is 58.2 Å². The van der Waals surface area contributed by atoms with Crippen LogP contribution < -0.4 is 11.3 Å². The second kappa shape index (κ2) is 4.98. The summed E-state index contributed by atoms with van der Waals surface area (Å²) in [4.78, 5) is 0. The topological polar surface area (TPSA) is 38.0 Å². The fourth-order valence-corrected chi connectivity index (χ4v) is 2.09. The molecule has 0 saturated heterocycles. The standard InChI is InChI=1S/C14H24N2/c1-6-14(4,5)13(16-15)12-8-7-10(2)9-11(12)3/h7-9,13,16H,6,15H2,1-5H3. The van der Waals surface area contributed by atoms with E-state index in [1.165, 1.54) is 16.7 Å². The van der Waals surface area contributed by atoms with Crippen molar-refractivity contribution in [3.8, 4) is 0 Å². The smallest absolute Gasteiger partial charge is 0.0513 e. The predicted molar refractivity (Wildman–Crippen MR) is 70.1 cm³/mol. The summed E-state index contributed by atoms with van der Waals surface area (Å²) in [6, 6.07) is 6.76. The van der Waals surface area contributed by atoms with Gasteiger partial charge in [-0.3, -0.25) is 11.3 Å².